The van der Waals surface area contributed by atoms with Gasteiger partial charge in [0.25, 0.3) is 11.8 Å². The Balaban J connectivity index is 1.83. The number of carbonyl (C=O) groups is 3. The van der Waals surface area contributed by atoms with Crippen LogP contribution in [0.3, 0.4) is 0 Å². The van der Waals surface area contributed by atoms with Gasteiger partial charge in [-0.05, 0) is 31.2 Å². The van der Waals surface area contributed by atoms with Gasteiger partial charge >= 0.3 is 6.03 Å². The zero-order valence-corrected chi connectivity index (χ0v) is 15.0. The molecule has 0 unspecified atom stereocenters. The van der Waals surface area contributed by atoms with Gasteiger partial charge < -0.3 is 0 Å². The number of para-hydroxylation sites is 1. The van der Waals surface area contributed by atoms with Gasteiger partial charge in [0.15, 0.2) is 0 Å². The van der Waals surface area contributed by atoms with Gasteiger partial charge in [0, 0.05) is 5.56 Å². The molecule has 1 aliphatic rings. The summed E-state index contributed by atoms with van der Waals surface area (Å²) >= 11 is 0. The summed E-state index contributed by atoms with van der Waals surface area (Å²) in [5.41, 5.74) is 3.99. The lowest BCUT2D eigenvalue weighted by molar-refractivity contribution is -0.123. The van der Waals surface area contributed by atoms with Crippen LogP contribution < -0.4 is 10.6 Å². The molecule has 0 saturated carbocycles. The molecule has 1 aromatic heterocycles. The average molecular weight is 372 g/mol. The van der Waals surface area contributed by atoms with E-state index in [1.54, 1.807) is 10.7 Å². The van der Waals surface area contributed by atoms with E-state index in [-0.39, 0.29) is 5.57 Å². The van der Waals surface area contributed by atoms with Crippen LogP contribution in [-0.2, 0) is 9.59 Å². The third-order valence-corrected chi connectivity index (χ3v) is 4.31. The molecular weight excluding hydrogens is 356 g/mol. The molecule has 1 saturated heterocycles. The first-order chi connectivity index (χ1) is 13.5. The number of aryl methyl sites for hydroxylation is 1. The molecule has 0 atom stereocenters. The highest BCUT2D eigenvalue weighted by Crippen LogP contribution is 2.25. The quantitative estimate of drug-likeness (QED) is 0.546. The normalized spacial score (nSPS) is 13.9. The molecule has 3 aromatic rings. The standard InChI is InChI=1S/C21H16N4O3/c1-13-7-9-14(10-8-13)18-12-15(24-25(18)16-5-3-2-4-6-16)11-17-19(26)22-21(28)23-20(17)27/h2-12H,1H3,(H2,22,23,26,27,28). The summed E-state index contributed by atoms with van der Waals surface area (Å²) in [5, 5.41) is 8.67. The maximum atomic E-state index is 12.0. The smallest absolute Gasteiger partial charge is 0.273 e. The third-order valence-electron chi connectivity index (χ3n) is 4.31. The number of imide groups is 2. The van der Waals surface area contributed by atoms with Crippen molar-refractivity contribution in [2.45, 2.75) is 6.92 Å². The van der Waals surface area contributed by atoms with Gasteiger partial charge in [-0.1, -0.05) is 48.0 Å². The van der Waals surface area contributed by atoms with Crippen molar-refractivity contribution in [3.05, 3.63) is 77.5 Å². The monoisotopic (exact) mass is 372 g/mol. The van der Waals surface area contributed by atoms with Gasteiger partial charge in [-0.15, -0.1) is 0 Å². The molecule has 7 heteroatoms. The molecule has 1 aliphatic heterocycles. The number of nitrogens with one attached hydrogen (secondary N) is 2. The van der Waals surface area contributed by atoms with Crippen molar-refractivity contribution in [1.29, 1.82) is 0 Å². The second kappa shape index (κ2) is 6.96. The topological polar surface area (TPSA) is 93.1 Å². The number of benzene rings is 2. The Morgan fingerprint density at radius 2 is 1.54 bits per heavy atom. The number of barbiturate groups is 1. The summed E-state index contributed by atoms with van der Waals surface area (Å²) in [7, 11) is 0. The highest BCUT2D eigenvalue weighted by molar-refractivity contribution is 6.31. The Morgan fingerprint density at radius 1 is 0.893 bits per heavy atom. The van der Waals surface area contributed by atoms with E-state index in [4.69, 9.17) is 0 Å². The molecule has 4 amide bonds. The van der Waals surface area contributed by atoms with Crippen LogP contribution in [0.15, 0.2) is 66.2 Å². The van der Waals surface area contributed by atoms with Gasteiger partial charge in [0.05, 0.1) is 17.1 Å². The molecule has 1 fully saturated rings. The molecule has 2 N–H and O–H groups in total. The molecular formula is C21H16N4O3. The van der Waals surface area contributed by atoms with Gasteiger partial charge in [-0.2, -0.15) is 5.10 Å². The molecule has 138 valence electrons. The van der Waals surface area contributed by atoms with Crippen LogP contribution in [0, 0.1) is 6.92 Å². The Labute approximate surface area is 160 Å². The average Bonchev–Trinajstić information content (AvgIpc) is 3.10. The molecule has 2 aromatic carbocycles. The predicted octanol–water partition coefficient (Wildman–Crippen LogP) is 2.60. The number of hydrogen-bond acceptors (Lipinski definition) is 4. The number of amides is 4. The van der Waals surface area contributed by atoms with Gasteiger partial charge in [0.1, 0.15) is 5.57 Å². The zero-order valence-electron chi connectivity index (χ0n) is 15.0. The second-order valence-corrected chi connectivity index (χ2v) is 6.36. The number of hydrogen-bond donors (Lipinski definition) is 2. The van der Waals surface area contributed by atoms with Crippen molar-refractivity contribution in [2.24, 2.45) is 0 Å². The summed E-state index contributed by atoms with van der Waals surface area (Å²) < 4.78 is 1.75. The van der Waals surface area contributed by atoms with Gasteiger partial charge in [-0.25, -0.2) is 9.48 Å². The van der Waals surface area contributed by atoms with E-state index in [9.17, 15) is 14.4 Å². The minimum Gasteiger partial charge on any atom is -0.273 e. The Morgan fingerprint density at radius 3 is 2.18 bits per heavy atom. The van der Waals surface area contributed by atoms with Crippen LogP contribution in [0.1, 0.15) is 11.3 Å². The van der Waals surface area contributed by atoms with E-state index >= 15 is 0 Å². The molecule has 0 spiro atoms. The lowest BCUT2D eigenvalue weighted by Crippen LogP contribution is -2.51. The molecule has 0 bridgehead atoms. The van der Waals surface area contributed by atoms with E-state index in [2.05, 4.69) is 15.7 Å². The van der Waals surface area contributed by atoms with Crippen LogP contribution >= 0.6 is 0 Å². The Hall–Kier alpha value is -4.00. The number of urea groups is 1. The summed E-state index contributed by atoms with van der Waals surface area (Å²) in [6, 6.07) is 18.5. The summed E-state index contributed by atoms with van der Waals surface area (Å²) in [6.07, 6.45) is 1.37. The fraction of sp³-hybridized carbons (Fsp3) is 0.0476. The van der Waals surface area contributed by atoms with Crippen LogP contribution in [0.2, 0.25) is 0 Å². The summed E-state index contributed by atoms with van der Waals surface area (Å²) in [5.74, 6) is -1.50. The maximum absolute atomic E-state index is 12.0. The third kappa shape index (κ3) is 3.33. The van der Waals surface area contributed by atoms with E-state index in [0.29, 0.717) is 5.69 Å². The maximum Gasteiger partial charge on any atom is 0.328 e. The summed E-state index contributed by atoms with van der Waals surface area (Å²) in [6.45, 7) is 2.01. The van der Waals surface area contributed by atoms with Crippen molar-refractivity contribution in [3.63, 3.8) is 0 Å². The minimum absolute atomic E-state index is 0.173. The first-order valence-corrected chi connectivity index (χ1v) is 8.62. The first-order valence-electron chi connectivity index (χ1n) is 8.62. The molecule has 28 heavy (non-hydrogen) atoms. The highest BCUT2D eigenvalue weighted by Gasteiger charge is 2.28. The van der Waals surface area contributed by atoms with Crippen LogP contribution in [0.5, 0.6) is 0 Å². The van der Waals surface area contributed by atoms with Crippen LogP contribution in [-0.4, -0.2) is 27.6 Å². The van der Waals surface area contributed by atoms with Gasteiger partial charge in [-0.3, -0.25) is 20.2 Å². The number of rotatable bonds is 3. The SMILES string of the molecule is Cc1ccc(-c2cc(C=C3C(=O)NC(=O)NC3=O)nn2-c2ccccc2)cc1. The molecule has 0 aliphatic carbocycles. The summed E-state index contributed by atoms with van der Waals surface area (Å²) in [4.78, 5) is 35.2. The second-order valence-electron chi connectivity index (χ2n) is 6.36. The van der Waals surface area contributed by atoms with E-state index < -0.39 is 17.8 Å². The van der Waals surface area contributed by atoms with Crippen LogP contribution in [0.4, 0.5) is 4.79 Å². The van der Waals surface area contributed by atoms with Crippen molar-refractivity contribution in [3.8, 4) is 16.9 Å². The Bertz CT molecular complexity index is 1090. The van der Waals surface area contributed by atoms with Gasteiger partial charge in [0.2, 0.25) is 0 Å². The fourth-order valence-electron chi connectivity index (χ4n) is 2.92. The van der Waals surface area contributed by atoms with Crippen molar-refractivity contribution >= 4 is 23.9 Å². The lowest BCUT2D eigenvalue weighted by Gasteiger charge is -2.13. The molecule has 7 nitrogen and oxygen atoms in total. The predicted molar refractivity (Wildman–Crippen MR) is 103 cm³/mol. The number of carbonyl (C=O) groups excluding carboxylic acids is 3. The highest BCUT2D eigenvalue weighted by atomic mass is 16.2. The van der Waals surface area contributed by atoms with Crippen LogP contribution in [0.25, 0.3) is 23.0 Å². The largest absolute Gasteiger partial charge is 0.328 e. The number of nitrogens with zero attached hydrogens (tertiary/aromatic N) is 2. The zero-order chi connectivity index (χ0) is 19.7. The Kier molecular flexibility index (Phi) is 4.33. The van der Waals surface area contributed by atoms with E-state index in [1.165, 1.54) is 6.08 Å². The van der Waals surface area contributed by atoms with Crippen molar-refractivity contribution in [1.82, 2.24) is 20.4 Å². The van der Waals surface area contributed by atoms with E-state index in [0.717, 1.165) is 22.5 Å². The van der Waals surface area contributed by atoms with Crippen molar-refractivity contribution < 1.29 is 14.4 Å². The lowest BCUT2D eigenvalue weighted by atomic mass is 10.1. The first kappa shape index (κ1) is 17.4. The van der Waals surface area contributed by atoms with Crippen molar-refractivity contribution in [2.75, 3.05) is 0 Å². The van der Waals surface area contributed by atoms with E-state index in [1.807, 2.05) is 61.5 Å². The molecule has 4 rings (SSSR count). The molecule has 2 heterocycles. The minimum atomic E-state index is -0.831. The molecule has 0 radical (unpaired) electrons. The number of aromatic nitrogens is 2. The fourth-order valence-corrected chi connectivity index (χ4v) is 2.92.